The average Bonchev–Trinajstić information content (AvgIpc) is 2.55. The fourth-order valence-corrected chi connectivity index (χ4v) is 2.36. The molecule has 0 atom stereocenters. The van der Waals surface area contributed by atoms with Gasteiger partial charge in [-0.05, 0) is 36.1 Å². The van der Waals surface area contributed by atoms with Gasteiger partial charge in [-0.1, -0.05) is 11.6 Å². The summed E-state index contributed by atoms with van der Waals surface area (Å²) >= 11 is 7.46. The Morgan fingerprint density at radius 2 is 2.23 bits per heavy atom. The maximum Gasteiger partial charge on any atom is 0.110 e. The second-order valence-electron chi connectivity index (χ2n) is 2.81. The molecule has 1 nitrogen and oxygen atoms in total. The molecule has 0 N–H and O–H groups in total. The molecule has 0 spiro atoms. The number of aryl methyl sites for hydroxylation is 1. The van der Waals surface area contributed by atoms with Crippen molar-refractivity contribution in [2.75, 3.05) is 0 Å². The van der Waals surface area contributed by atoms with Gasteiger partial charge in [0, 0.05) is 9.72 Å². The monoisotopic (exact) mass is 207 g/mol. The van der Waals surface area contributed by atoms with E-state index in [9.17, 15) is 0 Å². The molecule has 2 rings (SSSR count). The van der Waals surface area contributed by atoms with Gasteiger partial charge in [-0.3, -0.25) is 0 Å². The first-order valence-electron chi connectivity index (χ1n) is 3.81. The highest BCUT2D eigenvalue weighted by atomic mass is 35.5. The summed E-state index contributed by atoms with van der Waals surface area (Å²) in [5.74, 6) is 0. The maximum atomic E-state index is 8.73. The Balaban J connectivity index is 2.86. The molecular formula is C10H6ClNS. The van der Waals surface area contributed by atoms with Gasteiger partial charge in [0.25, 0.3) is 0 Å². The van der Waals surface area contributed by atoms with E-state index in [2.05, 4.69) is 6.07 Å². The van der Waals surface area contributed by atoms with Gasteiger partial charge < -0.3 is 0 Å². The van der Waals surface area contributed by atoms with E-state index in [1.54, 1.807) is 0 Å². The fraction of sp³-hybridized carbons (Fsp3) is 0.100. The lowest BCUT2D eigenvalue weighted by Gasteiger charge is -1.97. The molecule has 0 amide bonds. The largest absolute Gasteiger partial charge is 0.192 e. The Kier molecular flexibility index (Phi) is 1.99. The Bertz CT molecular complexity index is 507. The summed E-state index contributed by atoms with van der Waals surface area (Å²) in [7, 11) is 0. The lowest BCUT2D eigenvalue weighted by molar-refractivity contribution is 1.52. The molecule has 0 radical (unpaired) electrons. The molecule has 0 fully saturated rings. The Hall–Kier alpha value is -1.04. The molecule has 3 heteroatoms. The van der Waals surface area contributed by atoms with Gasteiger partial charge in [0.2, 0.25) is 0 Å². The zero-order valence-electron chi connectivity index (χ0n) is 6.97. The van der Waals surface area contributed by atoms with Gasteiger partial charge in [-0.25, -0.2) is 0 Å². The van der Waals surface area contributed by atoms with E-state index in [1.165, 1.54) is 11.3 Å². The Morgan fingerprint density at radius 1 is 1.46 bits per heavy atom. The molecule has 0 bridgehead atoms. The van der Waals surface area contributed by atoms with E-state index >= 15 is 0 Å². The second kappa shape index (κ2) is 3.02. The molecule has 0 saturated carbocycles. The maximum absolute atomic E-state index is 8.73. The van der Waals surface area contributed by atoms with Crippen molar-refractivity contribution in [2.45, 2.75) is 6.92 Å². The minimum Gasteiger partial charge on any atom is -0.192 e. The molecule has 0 aliphatic heterocycles. The number of thiophene rings is 1. The quantitative estimate of drug-likeness (QED) is 0.646. The molecule has 1 aromatic carbocycles. The van der Waals surface area contributed by atoms with Gasteiger partial charge >= 0.3 is 0 Å². The number of hydrogen-bond acceptors (Lipinski definition) is 2. The van der Waals surface area contributed by atoms with Crippen molar-refractivity contribution in [3.63, 3.8) is 0 Å². The van der Waals surface area contributed by atoms with Gasteiger partial charge in [-0.2, -0.15) is 5.26 Å². The smallest absolute Gasteiger partial charge is 0.110 e. The van der Waals surface area contributed by atoms with Crippen LogP contribution in [-0.2, 0) is 0 Å². The molecule has 1 aromatic heterocycles. The van der Waals surface area contributed by atoms with E-state index in [1.807, 2.05) is 25.1 Å². The first-order chi connectivity index (χ1) is 6.22. The van der Waals surface area contributed by atoms with Crippen LogP contribution in [-0.4, -0.2) is 0 Å². The lowest BCUT2D eigenvalue weighted by atomic mass is 10.1. The third-order valence-electron chi connectivity index (χ3n) is 2.01. The first kappa shape index (κ1) is 8.55. The van der Waals surface area contributed by atoms with Gasteiger partial charge in [-0.15, -0.1) is 11.3 Å². The first-order valence-corrected chi connectivity index (χ1v) is 5.00. The van der Waals surface area contributed by atoms with Gasteiger partial charge in [0.1, 0.15) is 10.9 Å². The molecule has 13 heavy (non-hydrogen) atoms. The van der Waals surface area contributed by atoms with Crippen LogP contribution in [0.1, 0.15) is 10.4 Å². The minimum absolute atomic E-state index is 0.736. The second-order valence-corrected chi connectivity index (χ2v) is 4.30. The highest BCUT2D eigenvalue weighted by Gasteiger charge is 2.05. The zero-order valence-corrected chi connectivity index (χ0v) is 8.54. The van der Waals surface area contributed by atoms with Crippen LogP contribution >= 0.6 is 22.9 Å². The predicted octanol–water partition coefficient (Wildman–Crippen LogP) is 3.73. The van der Waals surface area contributed by atoms with Crippen LogP contribution in [0.4, 0.5) is 0 Å². The number of nitrogens with zero attached hydrogens (tertiary/aromatic N) is 1. The Labute approximate surface area is 85.2 Å². The molecule has 0 aliphatic rings. The predicted molar refractivity (Wildman–Crippen MR) is 56.3 cm³/mol. The summed E-state index contributed by atoms with van der Waals surface area (Å²) in [5.41, 5.74) is 1.05. The van der Waals surface area contributed by atoms with E-state index in [-0.39, 0.29) is 0 Å². The van der Waals surface area contributed by atoms with Crippen LogP contribution in [0.25, 0.3) is 10.1 Å². The van der Waals surface area contributed by atoms with Crippen LogP contribution in [0.15, 0.2) is 18.2 Å². The molecule has 2 aromatic rings. The normalized spacial score (nSPS) is 10.2. The van der Waals surface area contributed by atoms with Crippen LogP contribution in [0, 0.1) is 18.3 Å². The van der Waals surface area contributed by atoms with Crippen LogP contribution in [0.5, 0.6) is 0 Å². The third kappa shape index (κ3) is 1.31. The summed E-state index contributed by atoms with van der Waals surface area (Å²) in [6.07, 6.45) is 0. The number of nitriles is 1. The number of fused-ring (bicyclic) bond motifs is 1. The Morgan fingerprint density at radius 3 is 2.92 bits per heavy atom. The molecule has 0 saturated heterocycles. The van der Waals surface area contributed by atoms with Crippen molar-refractivity contribution >= 4 is 33.0 Å². The van der Waals surface area contributed by atoms with Gasteiger partial charge in [0.15, 0.2) is 0 Å². The lowest BCUT2D eigenvalue weighted by Crippen LogP contribution is -1.73. The summed E-state index contributed by atoms with van der Waals surface area (Å²) in [6, 6.07) is 7.86. The number of hydrogen-bond donors (Lipinski definition) is 0. The van der Waals surface area contributed by atoms with Crippen molar-refractivity contribution in [3.8, 4) is 6.07 Å². The van der Waals surface area contributed by atoms with Crippen LogP contribution in [0.2, 0.25) is 5.02 Å². The van der Waals surface area contributed by atoms with Crippen LogP contribution < -0.4 is 0 Å². The van der Waals surface area contributed by atoms with Crippen molar-refractivity contribution in [3.05, 3.63) is 33.7 Å². The number of rotatable bonds is 0. The topological polar surface area (TPSA) is 23.8 Å². The highest BCUT2D eigenvalue weighted by molar-refractivity contribution is 7.19. The third-order valence-corrected chi connectivity index (χ3v) is 3.43. The SMILES string of the molecule is Cc1c(Cl)ccc2sc(C#N)cc12. The summed E-state index contributed by atoms with van der Waals surface area (Å²) in [6.45, 7) is 1.97. The highest BCUT2D eigenvalue weighted by Crippen LogP contribution is 2.31. The molecule has 64 valence electrons. The van der Waals surface area contributed by atoms with Crippen molar-refractivity contribution in [1.29, 1.82) is 5.26 Å². The molecular weight excluding hydrogens is 202 g/mol. The van der Waals surface area contributed by atoms with E-state index < -0.39 is 0 Å². The standard InChI is InChI=1S/C10H6ClNS/c1-6-8-4-7(5-12)13-10(8)3-2-9(6)11/h2-4H,1H3. The number of benzene rings is 1. The fourth-order valence-electron chi connectivity index (χ4n) is 1.28. The molecule has 1 heterocycles. The zero-order chi connectivity index (χ0) is 9.42. The van der Waals surface area contributed by atoms with E-state index in [0.29, 0.717) is 0 Å². The average molecular weight is 208 g/mol. The summed E-state index contributed by atoms with van der Waals surface area (Å²) in [4.78, 5) is 0.736. The molecule has 0 aliphatic carbocycles. The summed E-state index contributed by atoms with van der Waals surface area (Å²) in [5, 5.41) is 10.6. The van der Waals surface area contributed by atoms with E-state index in [0.717, 1.165) is 25.5 Å². The summed E-state index contributed by atoms with van der Waals surface area (Å²) < 4.78 is 1.12. The van der Waals surface area contributed by atoms with E-state index in [4.69, 9.17) is 16.9 Å². The molecule has 0 unspecified atom stereocenters. The van der Waals surface area contributed by atoms with Crippen LogP contribution in [0.3, 0.4) is 0 Å². The van der Waals surface area contributed by atoms with Crippen molar-refractivity contribution < 1.29 is 0 Å². The number of halogens is 1. The minimum atomic E-state index is 0.736. The van der Waals surface area contributed by atoms with Crippen molar-refractivity contribution in [2.24, 2.45) is 0 Å². The van der Waals surface area contributed by atoms with Gasteiger partial charge in [0.05, 0.1) is 0 Å². The van der Waals surface area contributed by atoms with Crippen molar-refractivity contribution in [1.82, 2.24) is 0 Å².